The summed E-state index contributed by atoms with van der Waals surface area (Å²) in [5, 5.41) is 8.10. The first-order valence-electron chi connectivity index (χ1n) is 6.49. The van der Waals surface area contributed by atoms with Gasteiger partial charge in [-0.1, -0.05) is 29.8 Å². The summed E-state index contributed by atoms with van der Waals surface area (Å²) in [4.78, 5) is 14.4. The molecule has 0 spiro atoms. The largest absolute Gasteiger partial charge is 0.356 e. The molecule has 3 rings (SSSR count). The maximum absolute atomic E-state index is 11.1. The van der Waals surface area contributed by atoms with E-state index in [1.165, 1.54) is 0 Å². The van der Waals surface area contributed by atoms with E-state index >= 15 is 0 Å². The van der Waals surface area contributed by atoms with Gasteiger partial charge in [-0.15, -0.1) is 0 Å². The smallest absolute Gasteiger partial charge is 0.220 e. The van der Waals surface area contributed by atoms with Crippen molar-refractivity contribution < 1.29 is 4.79 Å². The molecule has 1 unspecified atom stereocenters. The Bertz CT molecular complexity index is 608. The molecule has 3 N–H and O–H groups in total. The fourth-order valence-electron chi connectivity index (χ4n) is 2.49. The molecule has 0 bridgehead atoms. The summed E-state index contributed by atoms with van der Waals surface area (Å²) in [6.45, 7) is 1.46. The van der Waals surface area contributed by atoms with Gasteiger partial charge in [0.25, 0.3) is 0 Å². The molecule has 2 heterocycles. The molecule has 1 saturated heterocycles. The summed E-state index contributed by atoms with van der Waals surface area (Å²) in [5.41, 5.74) is 2.05. The third kappa shape index (κ3) is 2.60. The number of carbonyl (C=O) groups is 1. The number of nitrogens with one attached hydrogen (secondary N) is 3. The number of hydrogen-bond donors (Lipinski definition) is 3. The number of fused-ring (bicyclic) bond motifs is 1. The minimum atomic E-state index is 0.149. The number of aromatic nitrogens is 1. The van der Waals surface area contributed by atoms with E-state index in [4.69, 9.17) is 11.6 Å². The first-order valence-corrected chi connectivity index (χ1v) is 6.87. The van der Waals surface area contributed by atoms with Crippen molar-refractivity contribution >= 4 is 28.4 Å². The van der Waals surface area contributed by atoms with Gasteiger partial charge < -0.3 is 15.6 Å². The normalized spacial score (nSPS) is 19.0. The Balaban J connectivity index is 1.62. The maximum atomic E-state index is 11.1. The standard InChI is InChI=1S/C14H16ClN3O/c15-14-10-3-1-2-4-11(10)18-12(14)8-16-7-9-5-6-13(19)17-9/h1-4,9,16,18H,5-8H2,(H,17,19). The quantitative estimate of drug-likeness (QED) is 0.802. The summed E-state index contributed by atoms with van der Waals surface area (Å²) in [6.07, 6.45) is 1.55. The van der Waals surface area contributed by atoms with Crippen LogP contribution in [0, 0.1) is 0 Å². The summed E-state index contributed by atoms with van der Waals surface area (Å²) in [5.74, 6) is 0.149. The molecule has 100 valence electrons. The number of halogens is 1. The van der Waals surface area contributed by atoms with Crippen LogP contribution in [-0.2, 0) is 11.3 Å². The van der Waals surface area contributed by atoms with Gasteiger partial charge in [0.1, 0.15) is 0 Å². The van der Waals surface area contributed by atoms with Gasteiger partial charge >= 0.3 is 0 Å². The van der Waals surface area contributed by atoms with Crippen LogP contribution in [0.2, 0.25) is 5.02 Å². The van der Waals surface area contributed by atoms with Gasteiger partial charge in [-0.3, -0.25) is 4.79 Å². The lowest BCUT2D eigenvalue weighted by molar-refractivity contribution is -0.119. The zero-order valence-electron chi connectivity index (χ0n) is 10.5. The number of H-pyrrole nitrogens is 1. The van der Waals surface area contributed by atoms with Gasteiger partial charge in [0.2, 0.25) is 5.91 Å². The van der Waals surface area contributed by atoms with Crippen LogP contribution < -0.4 is 10.6 Å². The van der Waals surface area contributed by atoms with E-state index in [9.17, 15) is 4.79 Å². The van der Waals surface area contributed by atoms with E-state index in [1.807, 2.05) is 24.3 Å². The van der Waals surface area contributed by atoms with Crippen molar-refractivity contribution in [3.05, 3.63) is 35.0 Å². The second kappa shape index (κ2) is 5.23. The molecule has 1 fully saturated rings. The number of carbonyl (C=O) groups excluding carboxylic acids is 1. The topological polar surface area (TPSA) is 56.9 Å². The molecule has 1 aliphatic heterocycles. The Morgan fingerprint density at radius 3 is 2.95 bits per heavy atom. The lowest BCUT2D eigenvalue weighted by atomic mass is 10.2. The molecular formula is C14H16ClN3O. The Kier molecular flexibility index (Phi) is 3.44. The van der Waals surface area contributed by atoms with Gasteiger partial charge in [0.05, 0.1) is 5.02 Å². The number of rotatable bonds is 4. The van der Waals surface area contributed by atoms with Crippen molar-refractivity contribution in [2.75, 3.05) is 6.54 Å². The first kappa shape index (κ1) is 12.5. The van der Waals surface area contributed by atoms with Gasteiger partial charge in [0.15, 0.2) is 0 Å². The molecule has 0 saturated carbocycles. The minimum Gasteiger partial charge on any atom is -0.356 e. The Morgan fingerprint density at radius 1 is 1.37 bits per heavy atom. The molecule has 0 aliphatic carbocycles. The number of amides is 1. The van der Waals surface area contributed by atoms with Gasteiger partial charge in [-0.2, -0.15) is 0 Å². The van der Waals surface area contributed by atoms with Crippen molar-refractivity contribution in [2.24, 2.45) is 0 Å². The van der Waals surface area contributed by atoms with Crippen molar-refractivity contribution in [1.29, 1.82) is 0 Å². The van der Waals surface area contributed by atoms with Gasteiger partial charge in [-0.25, -0.2) is 0 Å². The number of hydrogen-bond acceptors (Lipinski definition) is 2. The van der Waals surface area contributed by atoms with Crippen LogP contribution in [0.4, 0.5) is 0 Å². The highest BCUT2D eigenvalue weighted by Gasteiger charge is 2.20. The molecule has 5 heteroatoms. The minimum absolute atomic E-state index is 0.149. The third-order valence-corrected chi connectivity index (χ3v) is 3.92. The lowest BCUT2D eigenvalue weighted by Crippen LogP contribution is -2.35. The summed E-state index contributed by atoms with van der Waals surface area (Å²) in [7, 11) is 0. The molecule has 1 aliphatic rings. The second-order valence-electron chi connectivity index (χ2n) is 4.90. The van der Waals surface area contributed by atoms with Gasteiger partial charge in [-0.05, 0) is 12.5 Å². The Labute approximate surface area is 116 Å². The van der Waals surface area contributed by atoms with Crippen molar-refractivity contribution in [3.63, 3.8) is 0 Å². The molecule has 1 aromatic heterocycles. The number of para-hydroxylation sites is 1. The molecule has 19 heavy (non-hydrogen) atoms. The average molecular weight is 278 g/mol. The van der Waals surface area contributed by atoms with Crippen LogP contribution >= 0.6 is 11.6 Å². The predicted molar refractivity (Wildman–Crippen MR) is 76.2 cm³/mol. The molecule has 1 amide bonds. The summed E-state index contributed by atoms with van der Waals surface area (Å²) in [6, 6.07) is 8.24. The molecule has 1 aromatic carbocycles. The highest BCUT2D eigenvalue weighted by Crippen LogP contribution is 2.26. The van der Waals surface area contributed by atoms with Crippen LogP contribution in [0.25, 0.3) is 10.9 Å². The highest BCUT2D eigenvalue weighted by atomic mass is 35.5. The molecule has 0 radical (unpaired) electrons. The average Bonchev–Trinajstić information content (AvgIpc) is 2.96. The van der Waals surface area contributed by atoms with Gasteiger partial charge in [0, 0.05) is 42.1 Å². The predicted octanol–water partition coefficient (Wildman–Crippen LogP) is 2.19. The Morgan fingerprint density at radius 2 is 2.21 bits per heavy atom. The van der Waals surface area contributed by atoms with Crippen LogP contribution in [0.3, 0.4) is 0 Å². The van der Waals surface area contributed by atoms with Crippen molar-refractivity contribution in [3.8, 4) is 0 Å². The van der Waals surface area contributed by atoms with Crippen LogP contribution in [-0.4, -0.2) is 23.5 Å². The molecular weight excluding hydrogens is 262 g/mol. The van der Waals surface area contributed by atoms with Crippen molar-refractivity contribution in [2.45, 2.75) is 25.4 Å². The maximum Gasteiger partial charge on any atom is 0.220 e. The van der Waals surface area contributed by atoms with E-state index in [-0.39, 0.29) is 11.9 Å². The van der Waals surface area contributed by atoms with E-state index in [2.05, 4.69) is 15.6 Å². The summed E-state index contributed by atoms with van der Waals surface area (Å²) < 4.78 is 0. The molecule has 1 atom stereocenters. The zero-order chi connectivity index (χ0) is 13.2. The van der Waals surface area contributed by atoms with E-state index in [0.29, 0.717) is 13.0 Å². The lowest BCUT2D eigenvalue weighted by Gasteiger charge is -2.10. The monoisotopic (exact) mass is 277 g/mol. The van der Waals surface area contributed by atoms with E-state index in [0.717, 1.165) is 34.6 Å². The number of aromatic amines is 1. The summed E-state index contributed by atoms with van der Waals surface area (Å²) >= 11 is 6.33. The first-order chi connectivity index (χ1) is 9.24. The Hall–Kier alpha value is -1.52. The second-order valence-corrected chi connectivity index (χ2v) is 5.28. The van der Waals surface area contributed by atoms with Crippen LogP contribution in [0.1, 0.15) is 18.5 Å². The van der Waals surface area contributed by atoms with Crippen molar-refractivity contribution in [1.82, 2.24) is 15.6 Å². The third-order valence-electron chi connectivity index (χ3n) is 3.49. The zero-order valence-corrected chi connectivity index (χ0v) is 11.3. The SMILES string of the molecule is O=C1CCC(CNCc2[nH]c3ccccc3c2Cl)N1. The number of benzene rings is 1. The molecule has 4 nitrogen and oxygen atoms in total. The van der Waals surface area contributed by atoms with E-state index < -0.39 is 0 Å². The van der Waals surface area contributed by atoms with Crippen LogP contribution in [0.15, 0.2) is 24.3 Å². The van der Waals surface area contributed by atoms with Crippen LogP contribution in [0.5, 0.6) is 0 Å². The fraction of sp³-hybridized carbons (Fsp3) is 0.357. The highest BCUT2D eigenvalue weighted by molar-refractivity contribution is 6.36. The fourth-order valence-corrected chi connectivity index (χ4v) is 2.77. The van der Waals surface area contributed by atoms with E-state index in [1.54, 1.807) is 0 Å². The molecule has 2 aromatic rings.